The van der Waals surface area contributed by atoms with Crippen LogP contribution in [0.15, 0.2) is 18.2 Å². The summed E-state index contributed by atoms with van der Waals surface area (Å²) in [6, 6.07) is 5.66. The van der Waals surface area contributed by atoms with Crippen LogP contribution in [-0.4, -0.2) is 37.1 Å². The van der Waals surface area contributed by atoms with Crippen molar-refractivity contribution in [3.8, 4) is 5.75 Å². The Labute approximate surface area is 127 Å². The molecule has 1 aliphatic heterocycles. The number of hydrogen-bond donors (Lipinski definition) is 0. The van der Waals surface area contributed by atoms with Gasteiger partial charge in [0, 0.05) is 30.8 Å². The summed E-state index contributed by atoms with van der Waals surface area (Å²) >= 11 is 0. The molecule has 4 nitrogen and oxygen atoms in total. The molecule has 21 heavy (non-hydrogen) atoms. The largest absolute Gasteiger partial charge is 0.494 e. The molecule has 0 aromatic heterocycles. The Morgan fingerprint density at radius 2 is 2.00 bits per heavy atom. The number of benzene rings is 1. The molecule has 0 N–H and O–H groups in total. The van der Waals surface area contributed by atoms with E-state index in [9.17, 15) is 4.79 Å². The van der Waals surface area contributed by atoms with Gasteiger partial charge in [0.15, 0.2) is 0 Å². The summed E-state index contributed by atoms with van der Waals surface area (Å²) in [4.78, 5) is 14.4. The van der Waals surface area contributed by atoms with Crippen molar-refractivity contribution in [2.45, 2.75) is 39.7 Å². The van der Waals surface area contributed by atoms with Crippen LogP contribution in [0, 0.1) is 0 Å². The summed E-state index contributed by atoms with van der Waals surface area (Å²) in [7, 11) is 0. The zero-order chi connectivity index (χ0) is 15.1. The molecular formula is C17H25NO3. The topological polar surface area (TPSA) is 38.8 Å². The minimum atomic E-state index is 0.118. The molecule has 1 aromatic rings. The van der Waals surface area contributed by atoms with Crippen LogP contribution >= 0.6 is 0 Å². The van der Waals surface area contributed by atoms with Crippen molar-refractivity contribution in [1.29, 1.82) is 0 Å². The second kappa shape index (κ2) is 8.03. The van der Waals surface area contributed by atoms with E-state index in [0.29, 0.717) is 13.2 Å². The maximum absolute atomic E-state index is 12.4. The van der Waals surface area contributed by atoms with Crippen LogP contribution in [0.4, 0.5) is 0 Å². The third kappa shape index (κ3) is 4.21. The lowest BCUT2D eigenvalue weighted by Crippen LogP contribution is -2.27. The Balaban J connectivity index is 2.14. The van der Waals surface area contributed by atoms with E-state index in [1.807, 2.05) is 30.0 Å². The molecule has 0 spiro atoms. The lowest BCUT2D eigenvalue weighted by Gasteiger charge is -2.17. The highest BCUT2D eigenvalue weighted by Crippen LogP contribution is 2.23. The van der Waals surface area contributed by atoms with Crippen molar-refractivity contribution in [2.75, 3.05) is 26.3 Å². The van der Waals surface area contributed by atoms with Crippen LogP contribution < -0.4 is 4.74 Å². The molecule has 0 radical (unpaired) electrons. The summed E-state index contributed by atoms with van der Waals surface area (Å²) < 4.78 is 11.2. The highest BCUT2D eigenvalue weighted by atomic mass is 16.5. The van der Waals surface area contributed by atoms with E-state index in [0.717, 1.165) is 55.8 Å². The highest BCUT2D eigenvalue weighted by Gasteiger charge is 2.20. The number of rotatable bonds is 7. The van der Waals surface area contributed by atoms with Gasteiger partial charge in [-0.3, -0.25) is 4.79 Å². The normalized spacial score (nSPS) is 14.5. The molecular weight excluding hydrogens is 266 g/mol. The fourth-order valence-electron chi connectivity index (χ4n) is 2.55. The molecule has 0 saturated carbocycles. The Morgan fingerprint density at radius 1 is 1.24 bits per heavy atom. The van der Waals surface area contributed by atoms with Crippen LogP contribution in [-0.2, 0) is 11.3 Å². The molecule has 4 heteroatoms. The van der Waals surface area contributed by atoms with Crippen molar-refractivity contribution in [3.05, 3.63) is 29.3 Å². The molecule has 0 bridgehead atoms. The van der Waals surface area contributed by atoms with E-state index in [-0.39, 0.29) is 5.91 Å². The number of ether oxygens (including phenoxy) is 2. The van der Waals surface area contributed by atoms with Crippen molar-refractivity contribution in [3.63, 3.8) is 0 Å². The van der Waals surface area contributed by atoms with Gasteiger partial charge in [-0.1, -0.05) is 6.92 Å². The second-order valence-electron chi connectivity index (χ2n) is 5.31. The minimum absolute atomic E-state index is 0.118. The molecule has 2 rings (SSSR count). The quantitative estimate of drug-likeness (QED) is 0.724. The second-order valence-corrected chi connectivity index (χ2v) is 5.31. The van der Waals surface area contributed by atoms with Gasteiger partial charge in [0.05, 0.1) is 13.2 Å². The van der Waals surface area contributed by atoms with E-state index in [1.54, 1.807) is 0 Å². The van der Waals surface area contributed by atoms with Gasteiger partial charge in [-0.15, -0.1) is 0 Å². The van der Waals surface area contributed by atoms with Crippen LogP contribution in [0.5, 0.6) is 5.75 Å². The van der Waals surface area contributed by atoms with Crippen molar-refractivity contribution in [1.82, 2.24) is 4.90 Å². The average Bonchev–Trinajstić information content (AvgIpc) is 3.03. The molecule has 0 unspecified atom stereocenters. The van der Waals surface area contributed by atoms with Crippen LogP contribution in [0.25, 0.3) is 0 Å². The summed E-state index contributed by atoms with van der Waals surface area (Å²) in [6.45, 7) is 7.60. The first-order valence-electron chi connectivity index (χ1n) is 7.89. The summed E-state index contributed by atoms with van der Waals surface area (Å²) in [5.41, 5.74) is 1.69. The minimum Gasteiger partial charge on any atom is -0.494 e. The van der Waals surface area contributed by atoms with Gasteiger partial charge in [0.1, 0.15) is 5.75 Å². The molecule has 0 atom stereocenters. The smallest absolute Gasteiger partial charge is 0.253 e. The first kappa shape index (κ1) is 15.8. The van der Waals surface area contributed by atoms with Crippen LogP contribution in [0.2, 0.25) is 0 Å². The third-order valence-corrected chi connectivity index (χ3v) is 3.61. The van der Waals surface area contributed by atoms with E-state index in [1.165, 1.54) is 0 Å². The van der Waals surface area contributed by atoms with Crippen molar-refractivity contribution >= 4 is 5.91 Å². The Hall–Kier alpha value is -1.55. The number of carbonyl (C=O) groups excluding carboxylic acids is 1. The SMILES string of the molecule is CCCOCc1cc(C(=O)N2CCCC2)ccc1OCC. The van der Waals surface area contributed by atoms with E-state index >= 15 is 0 Å². The zero-order valence-corrected chi connectivity index (χ0v) is 13.1. The van der Waals surface area contributed by atoms with Gasteiger partial charge >= 0.3 is 0 Å². The molecule has 1 aliphatic rings. The number of hydrogen-bond acceptors (Lipinski definition) is 3. The lowest BCUT2D eigenvalue weighted by atomic mass is 10.1. The highest BCUT2D eigenvalue weighted by molar-refractivity contribution is 5.94. The predicted octanol–water partition coefficient (Wildman–Crippen LogP) is 3.25. The molecule has 1 fully saturated rings. The van der Waals surface area contributed by atoms with E-state index in [4.69, 9.17) is 9.47 Å². The third-order valence-electron chi connectivity index (χ3n) is 3.61. The van der Waals surface area contributed by atoms with Crippen LogP contribution in [0.3, 0.4) is 0 Å². The maximum Gasteiger partial charge on any atom is 0.253 e. The van der Waals surface area contributed by atoms with Crippen molar-refractivity contribution in [2.24, 2.45) is 0 Å². The molecule has 0 aliphatic carbocycles. The Kier molecular flexibility index (Phi) is 6.05. The zero-order valence-electron chi connectivity index (χ0n) is 13.1. The summed E-state index contributed by atoms with van der Waals surface area (Å²) in [5, 5.41) is 0. The maximum atomic E-state index is 12.4. The first-order valence-corrected chi connectivity index (χ1v) is 7.89. The average molecular weight is 291 g/mol. The standard InChI is InChI=1S/C17H25NO3/c1-3-11-20-13-15-12-14(7-8-16(15)21-4-2)17(19)18-9-5-6-10-18/h7-8,12H,3-6,9-11,13H2,1-2H3. The molecule has 1 heterocycles. The van der Waals surface area contributed by atoms with Gasteiger partial charge in [0.2, 0.25) is 0 Å². The Morgan fingerprint density at radius 3 is 2.67 bits per heavy atom. The van der Waals surface area contributed by atoms with Crippen LogP contribution in [0.1, 0.15) is 49.0 Å². The first-order chi connectivity index (χ1) is 10.3. The van der Waals surface area contributed by atoms with E-state index in [2.05, 4.69) is 6.92 Å². The van der Waals surface area contributed by atoms with Gasteiger partial charge < -0.3 is 14.4 Å². The Bertz CT molecular complexity index is 467. The van der Waals surface area contributed by atoms with Crippen molar-refractivity contribution < 1.29 is 14.3 Å². The fourth-order valence-corrected chi connectivity index (χ4v) is 2.55. The fraction of sp³-hybridized carbons (Fsp3) is 0.588. The monoisotopic (exact) mass is 291 g/mol. The summed E-state index contributed by atoms with van der Waals surface area (Å²) in [6.07, 6.45) is 3.20. The molecule has 116 valence electrons. The van der Waals surface area contributed by atoms with Gasteiger partial charge in [-0.05, 0) is 44.4 Å². The summed E-state index contributed by atoms with van der Waals surface area (Å²) in [5.74, 6) is 0.930. The predicted molar refractivity (Wildman–Crippen MR) is 82.7 cm³/mol. The molecule has 1 saturated heterocycles. The number of likely N-dealkylation sites (tertiary alicyclic amines) is 1. The number of amides is 1. The van der Waals surface area contributed by atoms with Gasteiger partial charge in [-0.2, -0.15) is 0 Å². The van der Waals surface area contributed by atoms with Gasteiger partial charge in [-0.25, -0.2) is 0 Å². The van der Waals surface area contributed by atoms with Gasteiger partial charge in [0.25, 0.3) is 5.91 Å². The lowest BCUT2D eigenvalue weighted by molar-refractivity contribution is 0.0792. The molecule has 1 aromatic carbocycles. The van der Waals surface area contributed by atoms with E-state index < -0.39 is 0 Å². The number of nitrogens with zero attached hydrogens (tertiary/aromatic N) is 1. The molecule has 1 amide bonds. The number of carbonyl (C=O) groups is 1.